The number of hydrogen-bond acceptors (Lipinski definition) is 29. The van der Waals surface area contributed by atoms with Crippen molar-refractivity contribution in [3.05, 3.63) is 76.0 Å². The molecule has 3 aromatic rings. The van der Waals surface area contributed by atoms with E-state index in [0.717, 1.165) is 69.7 Å². The highest BCUT2D eigenvalue weighted by Gasteiger charge is 2.61. The standard InChI is InChI=1S/C19H24N6O5S2.C18H18N8O7S3.C17H25N3O5S/c1-25(5-3-4-6-25)7-10-8-31-17-13(16(27)24(17)14(10)18(28)29)22-15(26)12(23-30-2)11-9-32-19(20)21-11;1-25-18(22-12(28)13(29)23-25)36-4-6-3-34-15-9(14(30)26(15)10(6)16(31)32)21-11(27)8(24-33-2)7-5-35-17(19)20-7;1-7-12-11(8(2)21)16(23)20(12)13(17(24)25)14(7)26-9-5-10(18-6-9)15(22)19(3)4/h9,13,17H,3-8H2,1-2H3,(H3-,20,21,22,26,28,29);5,9,15H,3-4H2,1-2H3,(H2,19,20)(H,21,27)(H,23,29)(H,31,32);7-12,18,21H,5-6H2,1-4H3,(H,24,25)/b23-12-;24-8-;/t13-,17-;9-,15-;7-,8-,9+,10+,11-,12-/m111/s1. The van der Waals surface area contributed by atoms with Crippen molar-refractivity contribution in [3.63, 3.8) is 0 Å². The van der Waals surface area contributed by atoms with Crippen LogP contribution >= 0.6 is 69.7 Å². The quantitative estimate of drug-likeness (QED) is 0.0134. The van der Waals surface area contributed by atoms with Crippen molar-refractivity contribution < 1.29 is 77.7 Å². The van der Waals surface area contributed by atoms with Gasteiger partial charge in [0.2, 0.25) is 11.8 Å². The van der Waals surface area contributed by atoms with E-state index in [1.807, 2.05) is 6.92 Å². The summed E-state index contributed by atoms with van der Waals surface area (Å²) in [6.45, 7) is 6.61. The van der Waals surface area contributed by atoms with Crippen molar-refractivity contribution in [3.8, 4) is 0 Å². The third-order valence-electron chi connectivity index (χ3n) is 16.4. The van der Waals surface area contributed by atoms with Gasteiger partial charge in [-0.15, -0.1) is 58.0 Å². The van der Waals surface area contributed by atoms with Gasteiger partial charge in [-0.2, -0.15) is 4.98 Å². The number of aromatic amines is 1. The number of thioether (sulfide) groups is 4. The van der Waals surface area contributed by atoms with Gasteiger partial charge in [-0.1, -0.05) is 29.0 Å². The Morgan fingerprint density at radius 1 is 0.830 bits per heavy atom. The average Bonchev–Trinajstić information content (AvgIpc) is 1.39. The molecule has 11 rings (SSSR count). The number of carboxylic acids is 3. The predicted molar refractivity (Wildman–Crippen MR) is 344 cm³/mol. The fraction of sp³-hybridized carbons (Fsp3) is 0.519. The van der Waals surface area contributed by atoms with Crippen LogP contribution in [0.1, 0.15) is 44.5 Å². The van der Waals surface area contributed by atoms with E-state index < -0.39 is 87.5 Å². The number of β-lactam (4-membered cyclic amide) rings is 3. The van der Waals surface area contributed by atoms with E-state index in [-0.39, 0.29) is 102 Å². The second kappa shape index (κ2) is 29.0. The summed E-state index contributed by atoms with van der Waals surface area (Å²) in [5.74, 6) is -6.49. The molecule has 6 amide bonds. The van der Waals surface area contributed by atoms with Gasteiger partial charge in [0.25, 0.3) is 23.6 Å². The number of nitrogens with zero attached hydrogens (tertiary/aromatic N) is 11. The number of aryl methyl sites for hydroxylation is 1. The number of thiazole rings is 2. The monoisotopic (exact) mass is 1420 g/mol. The van der Waals surface area contributed by atoms with Gasteiger partial charge < -0.3 is 76.6 Å². The van der Waals surface area contributed by atoms with Crippen molar-refractivity contribution in [2.75, 3.05) is 90.3 Å². The molecule has 8 aliphatic rings. The van der Waals surface area contributed by atoms with Crippen LogP contribution in [-0.4, -0.2) is 254 Å². The Balaban J connectivity index is 0.000000168. The number of carbonyl (C=O) groups is 9. The highest BCUT2D eigenvalue weighted by atomic mass is 32.2. The number of aromatic nitrogens is 5. The number of quaternary nitrogens is 1. The molecule has 0 aliphatic carbocycles. The van der Waals surface area contributed by atoms with E-state index >= 15 is 0 Å². The van der Waals surface area contributed by atoms with Gasteiger partial charge in [0.05, 0.1) is 55.9 Å². The number of likely N-dealkylation sites (N-methyl/N-ethyl adjacent to an activating group) is 2. The number of likely N-dealkylation sites (tertiary alicyclic amines) is 1. The van der Waals surface area contributed by atoms with Crippen molar-refractivity contribution >= 4 is 145 Å². The van der Waals surface area contributed by atoms with E-state index in [4.69, 9.17) is 21.1 Å². The molecule has 5 saturated heterocycles. The molecule has 8 aliphatic heterocycles. The summed E-state index contributed by atoms with van der Waals surface area (Å²) < 4.78 is 2.01. The van der Waals surface area contributed by atoms with E-state index in [9.17, 15) is 73.2 Å². The molecule has 40 heteroatoms. The highest BCUT2D eigenvalue weighted by Crippen LogP contribution is 2.52. The number of hydrogen-bond donors (Lipinski definition) is 9. The second-order valence-corrected chi connectivity index (χ2v) is 29.2. The summed E-state index contributed by atoms with van der Waals surface area (Å²) in [6, 6.07) is -2.45. The number of fused-ring (bicyclic) bond motifs is 3. The van der Waals surface area contributed by atoms with Gasteiger partial charge in [0.15, 0.2) is 26.8 Å². The number of nitrogens with one attached hydrogen (secondary N) is 4. The first-order valence-electron chi connectivity index (χ1n) is 28.8. The minimum Gasteiger partial charge on any atom is -0.543 e. The molecule has 0 spiro atoms. The summed E-state index contributed by atoms with van der Waals surface area (Å²) >= 11 is 7.43. The van der Waals surface area contributed by atoms with Gasteiger partial charge in [0, 0.05) is 90.2 Å². The Hall–Kier alpha value is -7.86. The van der Waals surface area contributed by atoms with Gasteiger partial charge in [-0.25, -0.2) is 19.6 Å². The van der Waals surface area contributed by atoms with Crippen LogP contribution in [-0.2, 0) is 59.9 Å². The van der Waals surface area contributed by atoms with Crippen LogP contribution in [0.3, 0.4) is 0 Å². The van der Waals surface area contributed by atoms with Crippen LogP contribution in [0.15, 0.2) is 69.0 Å². The van der Waals surface area contributed by atoms with Crippen molar-refractivity contribution in [1.82, 2.24) is 60.3 Å². The Morgan fingerprint density at radius 2 is 1.36 bits per heavy atom. The van der Waals surface area contributed by atoms with Crippen LogP contribution in [0.4, 0.5) is 10.3 Å². The minimum absolute atomic E-state index is 0.00757. The lowest BCUT2D eigenvalue weighted by Gasteiger charge is -2.51. The summed E-state index contributed by atoms with van der Waals surface area (Å²) in [6.07, 6.45) is 2.02. The molecule has 0 unspecified atom stereocenters. The molecule has 0 saturated carbocycles. The molecule has 34 nitrogen and oxygen atoms in total. The van der Waals surface area contributed by atoms with Crippen LogP contribution in [0, 0.1) is 11.8 Å². The number of amides is 6. The van der Waals surface area contributed by atoms with E-state index in [2.05, 4.69) is 53.4 Å². The molecule has 10 atom stereocenters. The largest absolute Gasteiger partial charge is 0.543 e. The summed E-state index contributed by atoms with van der Waals surface area (Å²) in [7, 11) is 9.55. The van der Waals surface area contributed by atoms with Gasteiger partial charge >= 0.3 is 23.1 Å². The number of anilines is 2. The Kier molecular flexibility index (Phi) is 21.7. The zero-order chi connectivity index (χ0) is 68.5. The van der Waals surface area contributed by atoms with E-state index in [1.54, 1.807) is 31.3 Å². The molecule has 5 fully saturated rings. The number of H-pyrrole nitrogens is 1. The van der Waals surface area contributed by atoms with Gasteiger partial charge in [-0.05, 0) is 18.9 Å². The molecule has 11 N–H and O–H groups in total. The maximum Gasteiger partial charge on any atom is 0.353 e. The second-order valence-electron chi connectivity index (χ2n) is 23.0. The first kappa shape index (κ1) is 70.5. The molecule has 0 aromatic carbocycles. The van der Waals surface area contributed by atoms with Crippen molar-refractivity contribution in [2.24, 2.45) is 29.2 Å². The third-order valence-corrected chi connectivity index (χ3v) is 23.0. The molecular formula is C54H67N17O17S6. The van der Waals surface area contributed by atoms with E-state index in [0.29, 0.717) is 41.3 Å². The highest BCUT2D eigenvalue weighted by molar-refractivity contribution is 8.03. The Labute approximate surface area is 559 Å². The Morgan fingerprint density at radius 3 is 1.84 bits per heavy atom. The number of nitrogen functional groups attached to an aromatic ring is 2. The first-order valence-corrected chi connectivity index (χ1v) is 34.5. The summed E-state index contributed by atoms with van der Waals surface area (Å²) in [5.41, 5.74) is 10.4. The number of aliphatic carboxylic acids is 3. The average molecular weight is 1420 g/mol. The first-order chi connectivity index (χ1) is 44.5. The maximum absolute atomic E-state index is 12.9. The molecule has 3 aromatic heterocycles. The maximum atomic E-state index is 12.9. The smallest absolute Gasteiger partial charge is 0.353 e. The lowest BCUT2D eigenvalue weighted by molar-refractivity contribution is -0.893. The molecular weight excluding hydrogens is 1350 g/mol. The molecule has 94 heavy (non-hydrogen) atoms. The van der Waals surface area contributed by atoms with Crippen LogP contribution < -0.4 is 43.6 Å². The van der Waals surface area contributed by atoms with Crippen molar-refractivity contribution in [1.29, 1.82) is 0 Å². The number of carbonyl (C=O) groups excluding carboxylic acids is 7. The minimum atomic E-state index is -1.37. The molecule has 0 bridgehead atoms. The summed E-state index contributed by atoms with van der Waals surface area (Å²) in [4.78, 5) is 162. The zero-order valence-electron chi connectivity index (χ0n) is 51.6. The van der Waals surface area contributed by atoms with E-state index in [1.165, 1.54) is 76.4 Å². The van der Waals surface area contributed by atoms with Crippen molar-refractivity contribution in [2.45, 2.75) is 84.5 Å². The number of aliphatic hydroxyl groups excluding tert-OH is 1. The lowest BCUT2D eigenvalue weighted by atomic mass is 9.79. The predicted octanol–water partition coefficient (Wildman–Crippen LogP) is -3.20. The SMILES string of the molecule is CO/N=C(\C(=O)N[C@@H]1C(=O)N2C(C(=O)O)=C(CSc3nc(=O)c(=O)[nH]n3C)CS[C@H]12)c1csc(N)n1.CO/N=C(\C(=O)N[C@@H]1C(=O)N2C(C(=O)[O-])=C(C[N+]3(C)CCCC3)CS[C@H]12)c1csc(N)n1.C[C@@H](O)[C@H]1C(=O)N2C(C(=O)O)=C(S[C@@H]3CN[C@H](C(=O)N(C)C)C3)[C@H](C)[C@H]12. The van der Waals surface area contributed by atoms with Crippen LogP contribution in [0.5, 0.6) is 0 Å². The zero-order valence-corrected chi connectivity index (χ0v) is 56.5. The fourth-order valence-corrected chi connectivity index (χ4v) is 18.3. The topological polar surface area (TPSA) is 475 Å². The third kappa shape index (κ3) is 14.2. The molecule has 11 heterocycles. The van der Waals surface area contributed by atoms with Gasteiger partial charge in [-0.3, -0.25) is 57.9 Å². The summed E-state index contributed by atoms with van der Waals surface area (Å²) in [5, 5.41) is 62.0. The fourth-order valence-electron chi connectivity index (χ4n) is 12.0. The Bertz CT molecular complexity index is 3870. The number of oxime groups is 2. The normalized spacial score (nSPS) is 25.5. The molecule has 506 valence electrons. The lowest BCUT2D eigenvalue weighted by Crippen LogP contribution is -2.71. The van der Waals surface area contributed by atoms with Gasteiger partial charge in [0.1, 0.15) is 66.4 Å². The molecule has 0 radical (unpaired) electrons. The van der Waals surface area contributed by atoms with Crippen LogP contribution in [0.2, 0.25) is 0 Å². The number of rotatable bonds is 20. The number of carboxylic acid groups (broad SMARTS) is 3. The van der Waals surface area contributed by atoms with Crippen LogP contribution in [0.25, 0.3) is 0 Å². The number of aliphatic hydroxyl groups is 1. The number of nitrogens with two attached hydrogens (primary N) is 2.